The quantitative estimate of drug-likeness (QED) is 0.882. The first-order valence-electron chi connectivity index (χ1n) is 6.09. The normalized spacial score (nSPS) is 11.7. The summed E-state index contributed by atoms with van der Waals surface area (Å²) in [5.74, 6) is 0. The lowest BCUT2D eigenvalue weighted by Crippen LogP contribution is -2.10. The van der Waals surface area contributed by atoms with Crippen molar-refractivity contribution in [3.63, 3.8) is 0 Å². The fraction of sp³-hybridized carbons (Fsp3) is 0.188. The zero-order chi connectivity index (χ0) is 13.8. The Morgan fingerprint density at radius 2 is 1.79 bits per heavy atom. The summed E-state index contributed by atoms with van der Waals surface area (Å²) in [6, 6.07) is 15.4. The van der Waals surface area contributed by atoms with Crippen LogP contribution in [0.4, 0.5) is 5.69 Å². The molecule has 0 aliphatic carbocycles. The molecule has 1 unspecified atom stereocenters. The van der Waals surface area contributed by atoms with Gasteiger partial charge in [-0.1, -0.05) is 35.4 Å². The number of aryl methyl sites for hydroxylation is 2. The van der Waals surface area contributed by atoms with Crippen LogP contribution in [0, 0.1) is 25.2 Å². The topological polar surface area (TPSA) is 35.8 Å². The number of nitrogens with zero attached hydrogens (tertiary/aromatic N) is 1. The number of halogens is 1. The van der Waals surface area contributed by atoms with Crippen LogP contribution in [0.1, 0.15) is 22.7 Å². The van der Waals surface area contributed by atoms with Crippen LogP contribution in [0.5, 0.6) is 0 Å². The van der Waals surface area contributed by atoms with Crippen molar-refractivity contribution in [2.45, 2.75) is 19.9 Å². The molecule has 1 atom stereocenters. The third kappa shape index (κ3) is 3.27. The third-order valence-corrected chi connectivity index (χ3v) is 3.28. The SMILES string of the molecule is Cc1ccc(C)c(C(C#N)Nc2ccc(Cl)cc2)c1. The molecule has 0 heterocycles. The standard InChI is InChI=1S/C16H15ClN2/c1-11-3-4-12(2)15(9-11)16(10-18)19-14-7-5-13(17)6-8-14/h3-9,16,19H,1-2H3. The van der Waals surface area contributed by atoms with Crippen LogP contribution in [-0.2, 0) is 0 Å². The summed E-state index contributed by atoms with van der Waals surface area (Å²) in [4.78, 5) is 0. The summed E-state index contributed by atoms with van der Waals surface area (Å²) < 4.78 is 0. The summed E-state index contributed by atoms with van der Waals surface area (Å²) in [5, 5.41) is 13.3. The van der Waals surface area contributed by atoms with E-state index in [1.807, 2.05) is 38.1 Å². The first-order chi connectivity index (χ1) is 9.10. The summed E-state index contributed by atoms with van der Waals surface area (Å²) >= 11 is 5.85. The van der Waals surface area contributed by atoms with Crippen molar-refractivity contribution in [3.05, 3.63) is 64.2 Å². The van der Waals surface area contributed by atoms with Crippen LogP contribution < -0.4 is 5.32 Å². The monoisotopic (exact) mass is 270 g/mol. The minimum atomic E-state index is -0.360. The lowest BCUT2D eigenvalue weighted by Gasteiger charge is -2.16. The Kier molecular flexibility index (Phi) is 4.09. The fourth-order valence-electron chi connectivity index (χ4n) is 1.96. The molecule has 96 valence electrons. The highest BCUT2D eigenvalue weighted by Crippen LogP contribution is 2.24. The van der Waals surface area contributed by atoms with Crippen LogP contribution in [0.25, 0.3) is 0 Å². The molecule has 0 aliphatic rings. The van der Waals surface area contributed by atoms with Crippen LogP contribution >= 0.6 is 11.6 Å². The van der Waals surface area contributed by atoms with Gasteiger partial charge in [0.15, 0.2) is 0 Å². The van der Waals surface area contributed by atoms with Gasteiger partial charge < -0.3 is 5.32 Å². The first-order valence-corrected chi connectivity index (χ1v) is 6.47. The van der Waals surface area contributed by atoms with Gasteiger partial charge in [0.05, 0.1) is 6.07 Å². The van der Waals surface area contributed by atoms with Gasteiger partial charge in [-0.2, -0.15) is 5.26 Å². The van der Waals surface area contributed by atoms with Gasteiger partial charge in [-0.05, 0) is 49.2 Å². The fourth-order valence-corrected chi connectivity index (χ4v) is 2.09. The molecule has 19 heavy (non-hydrogen) atoms. The molecule has 2 rings (SSSR count). The number of hydrogen-bond donors (Lipinski definition) is 1. The van der Waals surface area contributed by atoms with Gasteiger partial charge in [0.1, 0.15) is 6.04 Å². The maximum atomic E-state index is 9.37. The molecule has 0 aliphatic heterocycles. The molecule has 0 saturated heterocycles. The molecule has 0 radical (unpaired) electrons. The second kappa shape index (κ2) is 5.77. The van der Waals surface area contributed by atoms with Gasteiger partial charge in [0, 0.05) is 10.7 Å². The Morgan fingerprint density at radius 3 is 2.42 bits per heavy atom. The van der Waals surface area contributed by atoms with E-state index >= 15 is 0 Å². The van der Waals surface area contributed by atoms with E-state index in [1.165, 1.54) is 0 Å². The van der Waals surface area contributed by atoms with Gasteiger partial charge in [0.2, 0.25) is 0 Å². The number of nitrogens with one attached hydrogen (secondary N) is 1. The largest absolute Gasteiger partial charge is 0.366 e. The molecule has 1 N–H and O–H groups in total. The minimum absolute atomic E-state index is 0.360. The van der Waals surface area contributed by atoms with Crippen LogP contribution in [-0.4, -0.2) is 0 Å². The summed E-state index contributed by atoms with van der Waals surface area (Å²) in [7, 11) is 0. The highest BCUT2D eigenvalue weighted by molar-refractivity contribution is 6.30. The van der Waals surface area contributed by atoms with Gasteiger partial charge >= 0.3 is 0 Å². The van der Waals surface area contributed by atoms with Crippen LogP contribution in [0.2, 0.25) is 5.02 Å². The smallest absolute Gasteiger partial charge is 0.140 e. The predicted molar refractivity (Wildman–Crippen MR) is 79.3 cm³/mol. The Hall–Kier alpha value is -1.98. The average Bonchev–Trinajstić information content (AvgIpc) is 2.41. The Balaban J connectivity index is 2.28. The van der Waals surface area contributed by atoms with Gasteiger partial charge in [0.25, 0.3) is 0 Å². The lowest BCUT2D eigenvalue weighted by molar-refractivity contribution is 0.978. The van der Waals surface area contributed by atoms with Crippen molar-refractivity contribution < 1.29 is 0 Å². The van der Waals surface area contributed by atoms with E-state index in [-0.39, 0.29) is 6.04 Å². The molecule has 3 heteroatoms. The van der Waals surface area contributed by atoms with E-state index in [1.54, 1.807) is 12.1 Å². The second-order valence-corrected chi connectivity index (χ2v) is 5.01. The zero-order valence-corrected chi connectivity index (χ0v) is 11.7. The molecule has 0 amide bonds. The highest BCUT2D eigenvalue weighted by Gasteiger charge is 2.13. The van der Waals surface area contributed by atoms with E-state index in [0.29, 0.717) is 5.02 Å². The van der Waals surface area contributed by atoms with E-state index < -0.39 is 0 Å². The Labute approximate surface area is 118 Å². The molecule has 2 nitrogen and oxygen atoms in total. The molecule has 2 aromatic rings. The molecule has 0 spiro atoms. The Morgan fingerprint density at radius 1 is 1.11 bits per heavy atom. The number of nitriles is 1. The molecule has 0 aromatic heterocycles. The third-order valence-electron chi connectivity index (χ3n) is 3.03. The van der Waals surface area contributed by atoms with Gasteiger partial charge in [-0.3, -0.25) is 0 Å². The molecule has 0 saturated carbocycles. The maximum absolute atomic E-state index is 9.37. The van der Waals surface area contributed by atoms with E-state index in [9.17, 15) is 5.26 Å². The maximum Gasteiger partial charge on any atom is 0.140 e. The average molecular weight is 271 g/mol. The van der Waals surface area contributed by atoms with E-state index in [4.69, 9.17) is 11.6 Å². The molecule has 0 fully saturated rings. The Bertz CT molecular complexity index is 612. The van der Waals surface area contributed by atoms with E-state index in [0.717, 1.165) is 22.4 Å². The number of anilines is 1. The van der Waals surface area contributed by atoms with Crippen molar-refractivity contribution in [2.75, 3.05) is 5.32 Å². The second-order valence-electron chi connectivity index (χ2n) is 4.57. The number of benzene rings is 2. The number of hydrogen-bond acceptors (Lipinski definition) is 2. The molecular formula is C16H15ClN2. The summed E-state index contributed by atoms with van der Waals surface area (Å²) in [6.45, 7) is 4.04. The van der Waals surface area contributed by atoms with Crippen LogP contribution in [0.15, 0.2) is 42.5 Å². The van der Waals surface area contributed by atoms with Crippen molar-refractivity contribution in [2.24, 2.45) is 0 Å². The van der Waals surface area contributed by atoms with Crippen molar-refractivity contribution in [1.29, 1.82) is 5.26 Å². The molecule has 0 bridgehead atoms. The minimum Gasteiger partial charge on any atom is -0.366 e. The van der Waals surface area contributed by atoms with Crippen molar-refractivity contribution >= 4 is 17.3 Å². The first kappa shape index (κ1) is 13.5. The van der Waals surface area contributed by atoms with Crippen molar-refractivity contribution in [3.8, 4) is 6.07 Å². The highest BCUT2D eigenvalue weighted by atomic mass is 35.5. The number of rotatable bonds is 3. The van der Waals surface area contributed by atoms with Gasteiger partial charge in [-0.25, -0.2) is 0 Å². The molecule has 2 aromatic carbocycles. The van der Waals surface area contributed by atoms with Crippen molar-refractivity contribution in [1.82, 2.24) is 0 Å². The molecular weight excluding hydrogens is 256 g/mol. The summed E-state index contributed by atoms with van der Waals surface area (Å²) in [6.07, 6.45) is 0. The zero-order valence-electron chi connectivity index (χ0n) is 10.9. The van der Waals surface area contributed by atoms with E-state index in [2.05, 4.69) is 17.5 Å². The van der Waals surface area contributed by atoms with Crippen LogP contribution in [0.3, 0.4) is 0 Å². The lowest BCUT2D eigenvalue weighted by atomic mass is 9.99. The predicted octanol–water partition coefficient (Wildman–Crippen LogP) is 4.63. The van der Waals surface area contributed by atoms with Gasteiger partial charge in [-0.15, -0.1) is 0 Å². The summed E-state index contributed by atoms with van der Waals surface area (Å²) in [5.41, 5.74) is 4.16.